The molecule has 0 radical (unpaired) electrons. The van der Waals surface area contributed by atoms with E-state index in [1.165, 1.54) is 88.3 Å². The van der Waals surface area contributed by atoms with E-state index < -0.39 is 0 Å². The minimum absolute atomic E-state index is 0.285. The van der Waals surface area contributed by atoms with Gasteiger partial charge in [-0.05, 0) is 131 Å². The van der Waals surface area contributed by atoms with E-state index in [4.69, 9.17) is 0 Å². The summed E-state index contributed by atoms with van der Waals surface area (Å²) in [5.74, 6) is 0. The molecule has 306 valence electrons. The molecule has 0 aliphatic heterocycles. The topological polar surface area (TPSA) is 0 Å². The van der Waals surface area contributed by atoms with Crippen LogP contribution in [0.25, 0.3) is 21.5 Å². The van der Waals surface area contributed by atoms with Gasteiger partial charge >= 0.3 is 0 Å². The molecule has 0 aromatic heterocycles. The summed E-state index contributed by atoms with van der Waals surface area (Å²) in [4.78, 5) is 0. The number of rotatable bonds is 0. The van der Waals surface area contributed by atoms with Crippen molar-refractivity contribution in [3.8, 4) is 0 Å². The highest BCUT2D eigenvalue weighted by Crippen LogP contribution is 2.22. The highest BCUT2D eigenvalue weighted by molar-refractivity contribution is 5.85. The van der Waals surface area contributed by atoms with Crippen molar-refractivity contribution in [2.45, 2.75) is 102 Å². The molecular formula is C59H70. The van der Waals surface area contributed by atoms with Crippen LogP contribution in [-0.2, 0) is 5.41 Å². The maximum atomic E-state index is 2.23. The normalized spacial score (nSPS) is 10.2. The molecule has 0 spiro atoms. The van der Waals surface area contributed by atoms with Crippen LogP contribution in [0.4, 0.5) is 0 Å². The number of benzene rings is 8. The Morgan fingerprint density at radius 1 is 0.271 bits per heavy atom. The Bertz CT molecular complexity index is 2380. The molecule has 0 atom stereocenters. The lowest BCUT2D eigenvalue weighted by Gasteiger charge is -2.18. The maximum absolute atomic E-state index is 2.23. The predicted octanol–water partition coefficient (Wildman–Crippen LogP) is 17.1. The van der Waals surface area contributed by atoms with Crippen LogP contribution >= 0.6 is 0 Å². The highest BCUT2D eigenvalue weighted by atomic mass is 14.2. The number of fused-ring (bicyclic) bond motifs is 2. The molecule has 0 heteroatoms. The minimum Gasteiger partial charge on any atom is -0.0617 e. The molecule has 8 aromatic rings. The molecule has 0 aliphatic carbocycles. The van der Waals surface area contributed by atoms with Gasteiger partial charge < -0.3 is 0 Å². The van der Waals surface area contributed by atoms with Gasteiger partial charge in [-0.1, -0.05) is 230 Å². The predicted molar refractivity (Wildman–Crippen MR) is 264 cm³/mol. The zero-order valence-electron chi connectivity index (χ0n) is 38.7. The SMILES string of the molecule is Cc1cc(C)c(C)c(C)c1.Cc1ccc(C(C)(C)C)cc1.Cc1ccc(C)cc1.Cc1ccc2ccccc2c1.Cc1cccc(C)c1.Cc1cccc2ccccc12. The van der Waals surface area contributed by atoms with Crippen LogP contribution in [0.15, 0.2) is 170 Å². The van der Waals surface area contributed by atoms with E-state index in [1.807, 2.05) is 0 Å². The van der Waals surface area contributed by atoms with Gasteiger partial charge in [0.25, 0.3) is 0 Å². The van der Waals surface area contributed by atoms with Crippen molar-refractivity contribution in [3.05, 3.63) is 237 Å². The third kappa shape index (κ3) is 17.3. The van der Waals surface area contributed by atoms with Gasteiger partial charge in [-0.25, -0.2) is 0 Å². The first kappa shape index (κ1) is 47.7. The summed E-state index contributed by atoms with van der Waals surface area (Å²) in [5.41, 5.74) is 16.6. The average Bonchev–Trinajstić information content (AvgIpc) is 3.19. The summed E-state index contributed by atoms with van der Waals surface area (Å²) in [6.07, 6.45) is 0. The second-order valence-electron chi connectivity index (χ2n) is 17.1. The molecule has 0 aliphatic rings. The Morgan fingerprint density at radius 2 is 0.678 bits per heavy atom. The fourth-order valence-corrected chi connectivity index (χ4v) is 6.45. The van der Waals surface area contributed by atoms with Crippen molar-refractivity contribution in [2.75, 3.05) is 0 Å². The number of aryl methyl sites for hydroxylation is 10. The summed E-state index contributed by atoms with van der Waals surface area (Å²) in [5, 5.41) is 5.33. The third-order valence-corrected chi connectivity index (χ3v) is 10.3. The second kappa shape index (κ2) is 23.6. The third-order valence-electron chi connectivity index (χ3n) is 10.3. The first-order valence-electron chi connectivity index (χ1n) is 21.0. The van der Waals surface area contributed by atoms with Crippen molar-refractivity contribution in [1.29, 1.82) is 0 Å². The molecule has 8 aromatic carbocycles. The zero-order valence-corrected chi connectivity index (χ0v) is 38.7. The lowest BCUT2D eigenvalue weighted by Crippen LogP contribution is -2.10. The van der Waals surface area contributed by atoms with Crippen LogP contribution in [0.5, 0.6) is 0 Å². The lowest BCUT2D eigenvalue weighted by molar-refractivity contribution is 0.590. The summed E-state index contributed by atoms with van der Waals surface area (Å²) >= 11 is 0. The number of hydrogen-bond donors (Lipinski definition) is 0. The van der Waals surface area contributed by atoms with Crippen LogP contribution in [0.3, 0.4) is 0 Å². The molecule has 59 heavy (non-hydrogen) atoms. The Labute approximate surface area is 359 Å². The molecule has 0 heterocycles. The molecule has 0 amide bonds. The Kier molecular flexibility index (Phi) is 19.1. The molecule has 0 N–H and O–H groups in total. The monoisotopic (exact) mass is 779 g/mol. The lowest BCUT2D eigenvalue weighted by atomic mass is 9.87. The van der Waals surface area contributed by atoms with Crippen LogP contribution in [0.2, 0.25) is 0 Å². The van der Waals surface area contributed by atoms with Gasteiger partial charge in [-0.2, -0.15) is 0 Å². The average molecular weight is 779 g/mol. The molecule has 0 unspecified atom stereocenters. The van der Waals surface area contributed by atoms with E-state index in [0.717, 1.165) is 0 Å². The number of hydrogen-bond acceptors (Lipinski definition) is 0. The standard InChI is InChI=1S/2C11H10.C11H16.C10H14.2C8H10/c1-9-5-4-7-10-6-2-3-8-11(9)10;1-9-6-7-10-4-2-3-5-11(10)8-9;1-9-5-7-10(8-6-9)11(2,3)4;1-7-5-8(2)10(4)9(3)6-7;1-7-3-5-8(2)6-4-7;1-7-4-3-5-8(2)6-7/h2*2-8H,1H3;5-8H,1-4H3;5-6H,1-4H3;2*3-6H,1-2H3. The van der Waals surface area contributed by atoms with Gasteiger partial charge in [-0.15, -0.1) is 0 Å². The zero-order chi connectivity index (χ0) is 43.5. The molecule has 0 fully saturated rings. The van der Waals surface area contributed by atoms with Gasteiger partial charge in [0.05, 0.1) is 0 Å². The van der Waals surface area contributed by atoms with Crippen LogP contribution in [0, 0.1) is 76.2 Å². The van der Waals surface area contributed by atoms with E-state index in [1.54, 1.807) is 0 Å². The Morgan fingerprint density at radius 3 is 1.15 bits per heavy atom. The Balaban J connectivity index is 0.000000190. The van der Waals surface area contributed by atoms with Crippen molar-refractivity contribution in [2.24, 2.45) is 0 Å². The fraction of sp³-hybridized carbons (Fsp3) is 0.254. The van der Waals surface area contributed by atoms with E-state index in [-0.39, 0.29) is 5.41 Å². The molecule has 0 saturated heterocycles. The van der Waals surface area contributed by atoms with Crippen molar-refractivity contribution < 1.29 is 0 Å². The summed E-state index contributed by atoms with van der Waals surface area (Å²) in [6, 6.07) is 59.9. The van der Waals surface area contributed by atoms with Gasteiger partial charge in [0.2, 0.25) is 0 Å². The largest absolute Gasteiger partial charge is 0.0617 e. The van der Waals surface area contributed by atoms with E-state index in [2.05, 4.69) is 267 Å². The fourth-order valence-electron chi connectivity index (χ4n) is 6.45. The van der Waals surface area contributed by atoms with Crippen molar-refractivity contribution >= 4 is 21.5 Å². The smallest absolute Gasteiger partial charge is 0.0132 e. The van der Waals surface area contributed by atoms with Crippen LogP contribution < -0.4 is 0 Å². The summed E-state index contributed by atoms with van der Waals surface area (Å²) < 4.78 is 0. The van der Waals surface area contributed by atoms with Crippen LogP contribution in [-0.4, -0.2) is 0 Å². The van der Waals surface area contributed by atoms with E-state index in [0.29, 0.717) is 0 Å². The van der Waals surface area contributed by atoms with E-state index >= 15 is 0 Å². The van der Waals surface area contributed by atoms with Crippen molar-refractivity contribution in [3.63, 3.8) is 0 Å². The summed E-state index contributed by atoms with van der Waals surface area (Å²) in [7, 11) is 0. The van der Waals surface area contributed by atoms with Gasteiger partial charge in [0.1, 0.15) is 0 Å². The maximum Gasteiger partial charge on any atom is -0.0132 e. The molecule has 8 rings (SSSR count). The summed E-state index contributed by atoms with van der Waals surface area (Å²) in [6.45, 7) is 30.1. The van der Waals surface area contributed by atoms with E-state index in [9.17, 15) is 0 Å². The minimum atomic E-state index is 0.285. The molecular weight excluding hydrogens is 709 g/mol. The van der Waals surface area contributed by atoms with Crippen LogP contribution in [0.1, 0.15) is 87.5 Å². The quantitative estimate of drug-likeness (QED) is 0.144. The second-order valence-corrected chi connectivity index (χ2v) is 17.1. The molecule has 0 saturated carbocycles. The van der Waals surface area contributed by atoms with Gasteiger partial charge in [-0.3, -0.25) is 0 Å². The van der Waals surface area contributed by atoms with Crippen molar-refractivity contribution in [1.82, 2.24) is 0 Å². The van der Waals surface area contributed by atoms with Gasteiger partial charge in [0, 0.05) is 0 Å². The Hall–Kier alpha value is -5.72. The first-order valence-corrected chi connectivity index (χ1v) is 21.0. The first-order chi connectivity index (χ1) is 27.9. The molecule has 0 bridgehead atoms. The highest BCUT2D eigenvalue weighted by Gasteiger charge is 2.12. The molecule has 0 nitrogen and oxygen atoms in total. The van der Waals surface area contributed by atoms with Gasteiger partial charge in [0.15, 0.2) is 0 Å².